The number of rotatable bonds is 2. The minimum atomic E-state index is 0.0272. The minimum Gasteiger partial charge on any atom is -0.348 e. The van der Waals surface area contributed by atoms with Crippen LogP contribution in [-0.2, 0) is 0 Å². The van der Waals surface area contributed by atoms with Gasteiger partial charge in [0.25, 0.3) is 5.91 Å². The highest BCUT2D eigenvalue weighted by Gasteiger charge is 2.34. The zero-order valence-electron chi connectivity index (χ0n) is 11.3. The molecule has 1 amide bonds. The molecule has 0 saturated carbocycles. The highest BCUT2D eigenvalue weighted by molar-refractivity contribution is 5.94. The van der Waals surface area contributed by atoms with E-state index in [-0.39, 0.29) is 5.91 Å². The van der Waals surface area contributed by atoms with E-state index in [9.17, 15) is 4.79 Å². The average Bonchev–Trinajstić information content (AvgIpc) is 2.96. The normalized spacial score (nSPS) is 28.7. The molecule has 20 heavy (non-hydrogen) atoms. The van der Waals surface area contributed by atoms with Crippen LogP contribution in [0.15, 0.2) is 30.9 Å². The molecule has 0 spiro atoms. The first kappa shape index (κ1) is 11.9. The molecule has 5 heterocycles. The van der Waals surface area contributed by atoms with Gasteiger partial charge in [-0.3, -0.25) is 4.79 Å². The van der Waals surface area contributed by atoms with E-state index < -0.39 is 0 Å². The second-order valence-electron chi connectivity index (χ2n) is 5.86. The van der Waals surface area contributed by atoms with Gasteiger partial charge in [0, 0.05) is 18.8 Å². The number of hydrogen-bond donors (Lipinski definition) is 1. The summed E-state index contributed by atoms with van der Waals surface area (Å²) in [6, 6.07) is 4.11. The number of pyridine rings is 1. The van der Waals surface area contributed by atoms with Gasteiger partial charge in [-0.1, -0.05) is 0 Å². The van der Waals surface area contributed by atoms with Crippen LogP contribution in [0, 0.1) is 5.92 Å². The van der Waals surface area contributed by atoms with Crippen LogP contribution in [0.4, 0.5) is 0 Å². The largest absolute Gasteiger partial charge is 0.348 e. The Morgan fingerprint density at radius 2 is 2.15 bits per heavy atom. The SMILES string of the molecule is O=C(N[C@H]1CN2CCC1CC2)c1ccc2cncn2c1. The fourth-order valence-electron chi connectivity index (χ4n) is 3.43. The maximum absolute atomic E-state index is 12.4. The first-order valence-corrected chi connectivity index (χ1v) is 7.24. The second-order valence-corrected chi connectivity index (χ2v) is 5.86. The summed E-state index contributed by atoms with van der Waals surface area (Å²) < 4.78 is 1.88. The first-order chi connectivity index (χ1) is 9.79. The summed E-state index contributed by atoms with van der Waals surface area (Å²) in [5, 5.41) is 3.21. The predicted molar refractivity (Wildman–Crippen MR) is 75.6 cm³/mol. The van der Waals surface area contributed by atoms with Gasteiger partial charge in [0.05, 0.1) is 23.6 Å². The van der Waals surface area contributed by atoms with Crippen LogP contribution in [0.5, 0.6) is 0 Å². The van der Waals surface area contributed by atoms with Crippen LogP contribution in [0.3, 0.4) is 0 Å². The second kappa shape index (κ2) is 4.59. The van der Waals surface area contributed by atoms with E-state index in [0.717, 1.165) is 12.1 Å². The molecular weight excluding hydrogens is 252 g/mol. The smallest absolute Gasteiger partial charge is 0.253 e. The Labute approximate surface area is 117 Å². The van der Waals surface area contributed by atoms with Crippen molar-refractivity contribution in [2.24, 2.45) is 5.92 Å². The number of carbonyl (C=O) groups is 1. The van der Waals surface area contributed by atoms with Crippen LogP contribution < -0.4 is 5.32 Å². The van der Waals surface area contributed by atoms with Gasteiger partial charge in [-0.15, -0.1) is 0 Å². The molecule has 2 bridgehead atoms. The molecular formula is C15H18N4O. The van der Waals surface area contributed by atoms with E-state index in [0.29, 0.717) is 17.5 Å². The van der Waals surface area contributed by atoms with Crippen molar-refractivity contribution in [2.45, 2.75) is 18.9 Å². The first-order valence-electron chi connectivity index (χ1n) is 7.24. The van der Waals surface area contributed by atoms with Crippen LogP contribution in [-0.4, -0.2) is 45.9 Å². The quantitative estimate of drug-likeness (QED) is 0.891. The van der Waals surface area contributed by atoms with Gasteiger partial charge in [0.2, 0.25) is 0 Å². The molecule has 0 aliphatic carbocycles. The van der Waals surface area contributed by atoms with Crippen LogP contribution in [0.2, 0.25) is 0 Å². The average molecular weight is 270 g/mol. The molecule has 3 fully saturated rings. The Hall–Kier alpha value is -1.88. The Bertz CT molecular complexity index is 642. The summed E-state index contributed by atoms with van der Waals surface area (Å²) in [4.78, 5) is 18.9. The van der Waals surface area contributed by atoms with Crippen molar-refractivity contribution in [1.29, 1.82) is 0 Å². The molecule has 3 aliphatic rings. The number of nitrogens with one attached hydrogen (secondary N) is 1. The monoisotopic (exact) mass is 270 g/mol. The van der Waals surface area contributed by atoms with E-state index in [2.05, 4.69) is 15.2 Å². The fraction of sp³-hybridized carbons (Fsp3) is 0.467. The molecule has 1 atom stereocenters. The summed E-state index contributed by atoms with van der Waals surface area (Å²) in [6.07, 6.45) is 7.78. The Morgan fingerprint density at radius 3 is 2.90 bits per heavy atom. The number of aromatic nitrogens is 2. The topological polar surface area (TPSA) is 49.6 Å². The number of hydrogen-bond acceptors (Lipinski definition) is 3. The molecule has 5 rings (SSSR count). The van der Waals surface area contributed by atoms with Crippen molar-refractivity contribution in [1.82, 2.24) is 19.6 Å². The standard InChI is InChI=1S/C15H18N4O/c20-15(12-1-2-13-7-16-10-19(13)8-12)17-14-9-18-5-3-11(14)4-6-18/h1-2,7-8,10-11,14H,3-6,9H2,(H,17,20)/t14-/m0/s1. The molecule has 0 radical (unpaired) electrons. The predicted octanol–water partition coefficient (Wildman–Crippen LogP) is 1.16. The summed E-state index contributed by atoms with van der Waals surface area (Å²) in [7, 11) is 0. The van der Waals surface area contributed by atoms with E-state index >= 15 is 0 Å². The molecule has 104 valence electrons. The number of amides is 1. The molecule has 1 N–H and O–H groups in total. The molecule has 3 saturated heterocycles. The maximum atomic E-state index is 12.4. The number of nitrogens with zero attached hydrogens (tertiary/aromatic N) is 3. The highest BCUT2D eigenvalue weighted by atomic mass is 16.1. The zero-order valence-corrected chi connectivity index (χ0v) is 11.3. The van der Waals surface area contributed by atoms with Gasteiger partial charge >= 0.3 is 0 Å². The molecule has 2 aromatic rings. The minimum absolute atomic E-state index is 0.0272. The van der Waals surface area contributed by atoms with Crippen molar-refractivity contribution in [3.63, 3.8) is 0 Å². The highest BCUT2D eigenvalue weighted by Crippen LogP contribution is 2.27. The van der Waals surface area contributed by atoms with Crippen molar-refractivity contribution in [3.05, 3.63) is 36.4 Å². The van der Waals surface area contributed by atoms with Gasteiger partial charge in [0.1, 0.15) is 0 Å². The van der Waals surface area contributed by atoms with Gasteiger partial charge in [-0.25, -0.2) is 4.98 Å². The fourth-order valence-corrected chi connectivity index (χ4v) is 3.43. The number of piperidine rings is 3. The van der Waals surface area contributed by atoms with Crippen LogP contribution >= 0.6 is 0 Å². The van der Waals surface area contributed by atoms with Gasteiger partial charge in [-0.2, -0.15) is 0 Å². The van der Waals surface area contributed by atoms with Crippen molar-refractivity contribution in [2.75, 3.05) is 19.6 Å². The number of fused-ring (bicyclic) bond motifs is 4. The molecule has 3 aliphatic heterocycles. The summed E-state index contributed by atoms with van der Waals surface area (Å²) in [6.45, 7) is 3.39. The van der Waals surface area contributed by atoms with E-state index in [1.54, 1.807) is 12.5 Å². The number of imidazole rings is 1. The molecule has 5 nitrogen and oxygen atoms in total. The van der Waals surface area contributed by atoms with Gasteiger partial charge < -0.3 is 14.6 Å². The lowest BCUT2D eigenvalue weighted by Gasteiger charge is -2.44. The molecule has 2 aromatic heterocycles. The van der Waals surface area contributed by atoms with Crippen molar-refractivity contribution in [3.8, 4) is 0 Å². The summed E-state index contributed by atoms with van der Waals surface area (Å²) in [5.41, 5.74) is 1.70. The Morgan fingerprint density at radius 1 is 1.30 bits per heavy atom. The Kier molecular flexibility index (Phi) is 2.73. The van der Waals surface area contributed by atoms with E-state index in [4.69, 9.17) is 0 Å². The lowest BCUT2D eigenvalue weighted by Crippen LogP contribution is -2.57. The molecule has 5 heteroatoms. The maximum Gasteiger partial charge on any atom is 0.253 e. The van der Waals surface area contributed by atoms with E-state index in [1.807, 2.05) is 22.7 Å². The van der Waals surface area contributed by atoms with Crippen LogP contribution in [0.25, 0.3) is 5.52 Å². The van der Waals surface area contributed by atoms with Crippen molar-refractivity contribution < 1.29 is 4.79 Å². The number of carbonyl (C=O) groups excluding carboxylic acids is 1. The lowest BCUT2D eigenvalue weighted by molar-refractivity contribution is 0.0620. The Balaban J connectivity index is 1.52. The lowest BCUT2D eigenvalue weighted by atomic mass is 9.84. The third kappa shape index (κ3) is 1.98. The van der Waals surface area contributed by atoms with E-state index in [1.165, 1.54) is 25.9 Å². The molecule has 0 aromatic carbocycles. The third-order valence-corrected chi connectivity index (χ3v) is 4.64. The van der Waals surface area contributed by atoms with Crippen LogP contribution in [0.1, 0.15) is 23.2 Å². The van der Waals surface area contributed by atoms with Gasteiger partial charge in [0.15, 0.2) is 0 Å². The summed E-state index contributed by atoms with van der Waals surface area (Å²) in [5.74, 6) is 0.681. The van der Waals surface area contributed by atoms with Crippen molar-refractivity contribution >= 4 is 11.4 Å². The third-order valence-electron chi connectivity index (χ3n) is 4.64. The van der Waals surface area contributed by atoms with Gasteiger partial charge in [-0.05, 0) is 44.0 Å². The summed E-state index contributed by atoms with van der Waals surface area (Å²) >= 11 is 0. The zero-order chi connectivity index (χ0) is 13.5. The molecule has 0 unspecified atom stereocenters.